The van der Waals surface area contributed by atoms with Gasteiger partial charge in [0.15, 0.2) is 0 Å². The number of aliphatic carboxylic acids is 1. The third kappa shape index (κ3) is 2.30. The van der Waals surface area contributed by atoms with Gasteiger partial charge in [0, 0.05) is 0 Å². The molecule has 2 rings (SSSR count). The Morgan fingerprint density at radius 2 is 1.83 bits per heavy atom. The molecule has 0 aliphatic rings. The van der Waals surface area contributed by atoms with Crippen LogP contribution < -0.4 is 5.73 Å². The lowest BCUT2D eigenvalue weighted by atomic mass is 10.1. The van der Waals surface area contributed by atoms with Gasteiger partial charge in [-0.3, -0.25) is 4.79 Å². The molecule has 94 valence electrons. The predicted octanol–water partition coefficient (Wildman–Crippen LogP) is -0.00460. The Bertz CT molecular complexity index is 615. The maximum Gasteiger partial charge on any atom is 0.320 e. The molecule has 0 saturated carbocycles. The topological polar surface area (TPSA) is 130 Å². The van der Waals surface area contributed by atoms with Gasteiger partial charge in [0.25, 0.3) is 11.8 Å². The van der Waals surface area contributed by atoms with Crippen molar-refractivity contribution in [3.63, 3.8) is 0 Å². The molecule has 0 amide bonds. The Labute approximate surface area is 102 Å². The van der Waals surface area contributed by atoms with Crippen molar-refractivity contribution in [1.29, 1.82) is 0 Å². The van der Waals surface area contributed by atoms with Crippen LogP contribution in [-0.2, 0) is 11.2 Å². The summed E-state index contributed by atoms with van der Waals surface area (Å²) in [5.41, 5.74) is 6.85. The van der Waals surface area contributed by atoms with Crippen LogP contribution in [0.15, 0.2) is 18.2 Å². The highest BCUT2D eigenvalue weighted by molar-refractivity contribution is 5.77. The molecule has 1 atom stereocenters. The third-order valence-electron chi connectivity index (χ3n) is 2.47. The minimum Gasteiger partial charge on any atom is -0.489 e. The van der Waals surface area contributed by atoms with Gasteiger partial charge in [-0.2, -0.15) is 0 Å². The minimum absolute atomic E-state index is 0.147. The van der Waals surface area contributed by atoms with E-state index < -0.39 is 23.8 Å². The van der Waals surface area contributed by atoms with Crippen LogP contribution in [0.25, 0.3) is 11.0 Å². The summed E-state index contributed by atoms with van der Waals surface area (Å²) in [6.45, 7) is 0. The first-order valence-corrected chi connectivity index (χ1v) is 5.14. The van der Waals surface area contributed by atoms with Gasteiger partial charge in [-0.05, 0) is 24.1 Å². The maximum absolute atomic E-state index is 10.6. The number of hydrogen-bond acceptors (Lipinski definition) is 6. The van der Waals surface area contributed by atoms with Gasteiger partial charge in [-0.15, -0.1) is 0 Å². The van der Waals surface area contributed by atoms with Crippen LogP contribution in [0, 0.1) is 0 Å². The summed E-state index contributed by atoms with van der Waals surface area (Å²) >= 11 is 0. The number of rotatable bonds is 3. The summed E-state index contributed by atoms with van der Waals surface area (Å²) in [5, 5.41) is 27.1. The van der Waals surface area contributed by atoms with Gasteiger partial charge in [-0.25, -0.2) is 9.97 Å². The zero-order valence-electron chi connectivity index (χ0n) is 9.24. The van der Waals surface area contributed by atoms with E-state index in [-0.39, 0.29) is 6.42 Å². The Balaban J connectivity index is 2.38. The van der Waals surface area contributed by atoms with Crippen LogP contribution in [0.2, 0.25) is 0 Å². The maximum atomic E-state index is 10.6. The van der Waals surface area contributed by atoms with Crippen LogP contribution in [0.3, 0.4) is 0 Å². The lowest BCUT2D eigenvalue weighted by molar-refractivity contribution is -0.138. The van der Waals surface area contributed by atoms with Crippen molar-refractivity contribution in [3.05, 3.63) is 23.8 Å². The average Bonchev–Trinajstić information content (AvgIpc) is 2.31. The van der Waals surface area contributed by atoms with E-state index in [1.165, 1.54) is 0 Å². The lowest BCUT2D eigenvalue weighted by Crippen LogP contribution is -2.32. The monoisotopic (exact) mass is 249 g/mol. The van der Waals surface area contributed by atoms with E-state index >= 15 is 0 Å². The SMILES string of the molecule is N[C@@H](Cc1ccc2nc(O)c(O)nc2c1)C(=O)O. The number of carboxylic acid groups (broad SMARTS) is 1. The molecule has 0 aliphatic carbocycles. The highest BCUT2D eigenvalue weighted by Crippen LogP contribution is 2.23. The normalized spacial score (nSPS) is 12.5. The molecule has 1 aromatic carbocycles. The number of carbonyl (C=O) groups is 1. The molecule has 0 aliphatic heterocycles. The number of nitrogens with zero attached hydrogens (tertiary/aromatic N) is 2. The van der Waals surface area contributed by atoms with Crippen LogP contribution in [0.5, 0.6) is 11.8 Å². The molecule has 2 aromatic rings. The molecular formula is C11H11N3O4. The standard InChI is InChI=1S/C11H11N3O4/c12-6(11(17)18)3-5-1-2-7-8(4-5)14-10(16)9(15)13-7/h1-2,4,6H,3,12H2,(H,13,15)(H,14,16)(H,17,18)/t6-/m0/s1. The summed E-state index contributed by atoms with van der Waals surface area (Å²) in [7, 11) is 0. The summed E-state index contributed by atoms with van der Waals surface area (Å²) in [5.74, 6) is -2.20. The summed E-state index contributed by atoms with van der Waals surface area (Å²) in [6.07, 6.45) is 0.147. The van der Waals surface area contributed by atoms with Gasteiger partial charge < -0.3 is 21.1 Å². The van der Waals surface area contributed by atoms with E-state index in [1.54, 1.807) is 18.2 Å². The largest absolute Gasteiger partial charge is 0.489 e. The Hall–Kier alpha value is -2.41. The van der Waals surface area contributed by atoms with Crippen molar-refractivity contribution in [1.82, 2.24) is 9.97 Å². The van der Waals surface area contributed by atoms with E-state index in [1.807, 2.05) is 0 Å². The Kier molecular flexibility index (Phi) is 2.99. The first kappa shape index (κ1) is 12.1. The van der Waals surface area contributed by atoms with Crippen molar-refractivity contribution in [2.24, 2.45) is 5.73 Å². The van der Waals surface area contributed by atoms with E-state index in [2.05, 4.69) is 9.97 Å². The molecule has 1 heterocycles. The summed E-state index contributed by atoms with van der Waals surface area (Å²) in [4.78, 5) is 18.1. The van der Waals surface area contributed by atoms with Crippen molar-refractivity contribution >= 4 is 17.0 Å². The van der Waals surface area contributed by atoms with Crippen molar-refractivity contribution in [2.75, 3.05) is 0 Å². The zero-order chi connectivity index (χ0) is 13.3. The summed E-state index contributed by atoms with van der Waals surface area (Å²) in [6, 6.07) is 3.80. The van der Waals surface area contributed by atoms with Gasteiger partial charge >= 0.3 is 5.97 Å². The lowest BCUT2D eigenvalue weighted by Gasteiger charge is -2.07. The first-order chi connectivity index (χ1) is 8.47. The highest BCUT2D eigenvalue weighted by Gasteiger charge is 2.13. The molecule has 0 spiro atoms. The molecule has 18 heavy (non-hydrogen) atoms. The number of fused-ring (bicyclic) bond motifs is 1. The smallest absolute Gasteiger partial charge is 0.320 e. The Morgan fingerprint density at radius 3 is 2.44 bits per heavy atom. The van der Waals surface area contributed by atoms with E-state index in [0.717, 1.165) is 0 Å². The molecule has 7 nitrogen and oxygen atoms in total. The number of hydrogen-bond donors (Lipinski definition) is 4. The van der Waals surface area contributed by atoms with Crippen molar-refractivity contribution in [2.45, 2.75) is 12.5 Å². The predicted molar refractivity (Wildman–Crippen MR) is 62.2 cm³/mol. The molecular weight excluding hydrogens is 238 g/mol. The fourth-order valence-electron chi connectivity index (χ4n) is 1.55. The third-order valence-corrected chi connectivity index (χ3v) is 2.47. The van der Waals surface area contributed by atoms with Crippen LogP contribution in [0.1, 0.15) is 5.56 Å². The highest BCUT2D eigenvalue weighted by atomic mass is 16.4. The van der Waals surface area contributed by atoms with E-state index in [9.17, 15) is 15.0 Å². The second-order valence-corrected chi connectivity index (χ2v) is 3.84. The van der Waals surface area contributed by atoms with Crippen LogP contribution >= 0.6 is 0 Å². The molecule has 0 unspecified atom stereocenters. The van der Waals surface area contributed by atoms with E-state index in [4.69, 9.17) is 10.8 Å². The van der Waals surface area contributed by atoms with Crippen LogP contribution in [-0.4, -0.2) is 37.3 Å². The number of nitrogens with two attached hydrogens (primary N) is 1. The second kappa shape index (κ2) is 4.46. The number of aromatic nitrogens is 2. The second-order valence-electron chi connectivity index (χ2n) is 3.84. The molecule has 7 heteroatoms. The molecule has 1 aromatic heterocycles. The number of aromatic hydroxyl groups is 2. The van der Waals surface area contributed by atoms with Crippen molar-refractivity contribution < 1.29 is 20.1 Å². The van der Waals surface area contributed by atoms with Crippen LogP contribution in [0.4, 0.5) is 0 Å². The van der Waals surface area contributed by atoms with Gasteiger partial charge in [0.2, 0.25) is 0 Å². The zero-order valence-corrected chi connectivity index (χ0v) is 9.24. The van der Waals surface area contributed by atoms with Gasteiger partial charge in [0.05, 0.1) is 11.0 Å². The van der Waals surface area contributed by atoms with Gasteiger partial charge in [0.1, 0.15) is 6.04 Å². The molecule has 0 saturated heterocycles. The average molecular weight is 249 g/mol. The minimum atomic E-state index is -1.09. The van der Waals surface area contributed by atoms with Gasteiger partial charge in [-0.1, -0.05) is 6.07 Å². The van der Waals surface area contributed by atoms with E-state index in [0.29, 0.717) is 16.6 Å². The Morgan fingerprint density at radius 1 is 1.22 bits per heavy atom. The fraction of sp³-hybridized carbons (Fsp3) is 0.182. The fourth-order valence-corrected chi connectivity index (χ4v) is 1.55. The quantitative estimate of drug-likeness (QED) is 0.602. The first-order valence-electron chi connectivity index (χ1n) is 5.14. The number of carboxylic acids is 1. The number of benzene rings is 1. The molecule has 0 fully saturated rings. The van der Waals surface area contributed by atoms with Crippen molar-refractivity contribution in [3.8, 4) is 11.8 Å². The molecule has 0 radical (unpaired) electrons. The molecule has 5 N–H and O–H groups in total. The molecule has 0 bridgehead atoms. The summed E-state index contributed by atoms with van der Waals surface area (Å²) < 4.78 is 0.